The van der Waals surface area contributed by atoms with Crippen LogP contribution < -0.4 is 0 Å². The Kier molecular flexibility index (Phi) is 4.69. The molecule has 0 bridgehead atoms. The number of carbonyl (C=O) groups is 1. The second-order valence-corrected chi connectivity index (χ2v) is 7.44. The average molecular weight is 354 g/mol. The van der Waals surface area contributed by atoms with Gasteiger partial charge in [0.15, 0.2) is 5.41 Å². The lowest BCUT2D eigenvalue weighted by atomic mass is 9.71. The van der Waals surface area contributed by atoms with Gasteiger partial charge in [0.1, 0.15) is 0 Å². The third-order valence-electron chi connectivity index (χ3n) is 5.75. The van der Waals surface area contributed by atoms with Gasteiger partial charge in [0.25, 0.3) is 0 Å². The van der Waals surface area contributed by atoms with E-state index in [1.807, 2.05) is 47.4 Å². The predicted octanol–water partition coefficient (Wildman–Crippen LogP) is 4.02. The maximum atomic E-state index is 13.3. The summed E-state index contributed by atoms with van der Waals surface area (Å²) < 4.78 is 0. The van der Waals surface area contributed by atoms with Crippen LogP contribution in [0.15, 0.2) is 54.6 Å². The van der Waals surface area contributed by atoms with Crippen molar-refractivity contribution in [3.05, 3.63) is 71.3 Å². The lowest BCUT2D eigenvalue weighted by Crippen LogP contribution is -2.66. The molecule has 1 amide bonds. The zero-order chi connectivity index (χ0) is 18.7. The SMILES string of the molecule is N#Cc1ccc(C#C[C@@]2(c3ccccc3)CN(C3CCCCC3)C2=O)cc1. The maximum absolute atomic E-state index is 13.3. The van der Waals surface area contributed by atoms with Crippen molar-refractivity contribution in [2.45, 2.75) is 43.6 Å². The highest BCUT2D eigenvalue weighted by Gasteiger charge is 2.54. The van der Waals surface area contributed by atoms with Crippen molar-refractivity contribution in [1.29, 1.82) is 5.26 Å². The number of benzene rings is 2. The molecular formula is C24H22N2O. The fourth-order valence-corrected chi connectivity index (χ4v) is 4.15. The molecule has 2 aromatic rings. The van der Waals surface area contributed by atoms with E-state index in [4.69, 9.17) is 5.26 Å². The third kappa shape index (κ3) is 3.22. The molecule has 3 heteroatoms. The fraction of sp³-hybridized carbons (Fsp3) is 0.333. The maximum Gasteiger partial charge on any atom is 0.247 e. The minimum atomic E-state index is -0.743. The van der Waals surface area contributed by atoms with Crippen LogP contribution in [0.25, 0.3) is 0 Å². The van der Waals surface area contributed by atoms with Gasteiger partial charge >= 0.3 is 0 Å². The second-order valence-electron chi connectivity index (χ2n) is 7.44. The lowest BCUT2D eigenvalue weighted by Gasteiger charge is -2.50. The Morgan fingerprint density at radius 2 is 1.59 bits per heavy atom. The summed E-state index contributed by atoms with van der Waals surface area (Å²) in [7, 11) is 0. The van der Waals surface area contributed by atoms with Crippen LogP contribution in [0, 0.1) is 23.2 Å². The Balaban J connectivity index is 1.64. The summed E-state index contributed by atoms with van der Waals surface area (Å²) in [5.41, 5.74) is 1.67. The Morgan fingerprint density at radius 1 is 0.926 bits per heavy atom. The summed E-state index contributed by atoms with van der Waals surface area (Å²) in [4.78, 5) is 15.3. The van der Waals surface area contributed by atoms with Gasteiger partial charge in [-0.3, -0.25) is 4.79 Å². The lowest BCUT2D eigenvalue weighted by molar-refractivity contribution is -0.152. The molecule has 1 heterocycles. The number of hydrogen-bond donors (Lipinski definition) is 0. The molecule has 1 atom stereocenters. The minimum Gasteiger partial charge on any atom is -0.336 e. The Bertz CT molecular complexity index is 924. The summed E-state index contributed by atoms with van der Waals surface area (Å²) in [6, 6.07) is 19.6. The first-order chi connectivity index (χ1) is 13.2. The third-order valence-corrected chi connectivity index (χ3v) is 5.75. The molecule has 0 aromatic heterocycles. The molecule has 134 valence electrons. The van der Waals surface area contributed by atoms with E-state index < -0.39 is 5.41 Å². The highest BCUT2D eigenvalue weighted by molar-refractivity contribution is 5.98. The zero-order valence-corrected chi connectivity index (χ0v) is 15.3. The molecule has 1 aliphatic carbocycles. The zero-order valence-electron chi connectivity index (χ0n) is 15.3. The van der Waals surface area contributed by atoms with Gasteiger partial charge in [0, 0.05) is 11.6 Å². The van der Waals surface area contributed by atoms with Crippen molar-refractivity contribution in [3.8, 4) is 17.9 Å². The van der Waals surface area contributed by atoms with Crippen LogP contribution in [-0.2, 0) is 10.2 Å². The fourth-order valence-electron chi connectivity index (χ4n) is 4.15. The number of amides is 1. The molecule has 2 fully saturated rings. The van der Waals surface area contributed by atoms with Crippen molar-refractivity contribution in [1.82, 2.24) is 4.90 Å². The highest BCUT2D eigenvalue weighted by atomic mass is 16.2. The van der Waals surface area contributed by atoms with Crippen molar-refractivity contribution in [2.24, 2.45) is 0 Å². The number of nitriles is 1. The Hall–Kier alpha value is -3.04. The van der Waals surface area contributed by atoms with E-state index in [1.54, 1.807) is 12.1 Å². The number of nitrogens with zero attached hydrogens (tertiary/aromatic N) is 2. The number of β-lactam (4-membered cyclic amide) rings is 1. The van der Waals surface area contributed by atoms with E-state index in [-0.39, 0.29) is 5.91 Å². The van der Waals surface area contributed by atoms with E-state index >= 15 is 0 Å². The van der Waals surface area contributed by atoms with Crippen LogP contribution in [0.2, 0.25) is 0 Å². The van der Waals surface area contributed by atoms with E-state index in [0.717, 1.165) is 24.0 Å². The van der Waals surface area contributed by atoms with Gasteiger partial charge in [-0.1, -0.05) is 61.4 Å². The standard InChI is InChI=1S/C24H22N2O/c25-17-20-13-11-19(12-14-20)15-16-24(21-7-3-1-4-8-21)18-26(23(24)27)22-9-5-2-6-10-22/h1,3-4,7-8,11-14,22H,2,5-6,9-10,18H2/t24-/m0/s1. The van der Waals surface area contributed by atoms with Crippen LogP contribution in [0.1, 0.15) is 48.8 Å². The normalized spacial score (nSPS) is 22.3. The van der Waals surface area contributed by atoms with Gasteiger partial charge in [0.2, 0.25) is 5.91 Å². The summed E-state index contributed by atoms with van der Waals surface area (Å²) >= 11 is 0. The summed E-state index contributed by atoms with van der Waals surface area (Å²) in [6.45, 7) is 0.670. The highest BCUT2D eigenvalue weighted by Crippen LogP contribution is 2.39. The summed E-state index contributed by atoms with van der Waals surface area (Å²) in [5, 5.41) is 8.93. The van der Waals surface area contributed by atoms with E-state index in [0.29, 0.717) is 18.2 Å². The van der Waals surface area contributed by atoms with Crippen molar-refractivity contribution >= 4 is 5.91 Å². The van der Waals surface area contributed by atoms with Gasteiger partial charge in [-0.15, -0.1) is 0 Å². The largest absolute Gasteiger partial charge is 0.336 e. The monoisotopic (exact) mass is 354 g/mol. The van der Waals surface area contributed by atoms with E-state index in [9.17, 15) is 4.79 Å². The van der Waals surface area contributed by atoms with Gasteiger partial charge in [-0.05, 0) is 42.7 Å². The van der Waals surface area contributed by atoms with Gasteiger partial charge < -0.3 is 4.90 Å². The molecule has 0 unspecified atom stereocenters. The molecule has 0 radical (unpaired) electrons. The van der Waals surface area contributed by atoms with Crippen LogP contribution in [0.4, 0.5) is 0 Å². The quantitative estimate of drug-likeness (QED) is 0.604. The number of rotatable bonds is 2. The number of carbonyl (C=O) groups excluding carboxylic acids is 1. The van der Waals surface area contributed by atoms with Crippen LogP contribution in [-0.4, -0.2) is 23.4 Å². The number of hydrogen-bond acceptors (Lipinski definition) is 2. The van der Waals surface area contributed by atoms with Gasteiger partial charge in [0.05, 0.1) is 18.2 Å². The Morgan fingerprint density at radius 3 is 2.22 bits per heavy atom. The summed E-state index contributed by atoms with van der Waals surface area (Å²) in [6.07, 6.45) is 5.92. The van der Waals surface area contributed by atoms with Crippen molar-refractivity contribution < 1.29 is 4.79 Å². The molecule has 1 saturated carbocycles. The van der Waals surface area contributed by atoms with Gasteiger partial charge in [-0.25, -0.2) is 0 Å². The van der Waals surface area contributed by atoms with Gasteiger partial charge in [-0.2, -0.15) is 5.26 Å². The second kappa shape index (κ2) is 7.29. The molecule has 1 saturated heterocycles. The van der Waals surface area contributed by atoms with Crippen molar-refractivity contribution in [3.63, 3.8) is 0 Å². The molecule has 27 heavy (non-hydrogen) atoms. The van der Waals surface area contributed by atoms with E-state index in [2.05, 4.69) is 17.9 Å². The summed E-state index contributed by atoms with van der Waals surface area (Å²) in [5.74, 6) is 6.62. The first-order valence-electron chi connectivity index (χ1n) is 9.63. The molecule has 1 aliphatic heterocycles. The molecule has 0 spiro atoms. The molecular weight excluding hydrogens is 332 g/mol. The molecule has 2 aromatic carbocycles. The number of likely N-dealkylation sites (tertiary alicyclic amines) is 1. The smallest absolute Gasteiger partial charge is 0.247 e. The van der Waals surface area contributed by atoms with Crippen LogP contribution in [0.5, 0.6) is 0 Å². The molecule has 0 N–H and O–H groups in total. The van der Waals surface area contributed by atoms with Crippen LogP contribution in [0.3, 0.4) is 0 Å². The molecule has 4 rings (SSSR count). The Labute approximate surface area is 160 Å². The molecule has 2 aliphatic rings. The topological polar surface area (TPSA) is 44.1 Å². The van der Waals surface area contributed by atoms with E-state index in [1.165, 1.54) is 19.3 Å². The first kappa shape index (κ1) is 17.4. The first-order valence-corrected chi connectivity index (χ1v) is 9.63. The van der Waals surface area contributed by atoms with Crippen LogP contribution >= 0.6 is 0 Å². The minimum absolute atomic E-state index is 0.141. The van der Waals surface area contributed by atoms with Crippen molar-refractivity contribution in [2.75, 3.05) is 6.54 Å². The predicted molar refractivity (Wildman–Crippen MR) is 105 cm³/mol. The average Bonchev–Trinajstić information content (AvgIpc) is 2.75. The molecule has 3 nitrogen and oxygen atoms in total.